The highest BCUT2D eigenvalue weighted by molar-refractivity contribution is 5.92. The van der Waals surface area contributed by atoms with E-state index in [0.29, 0.717) is 11.3 Å². The van der Waals surface area contributed by atoms with Gasteiger partial charge in [0.15, 0.2) is 11.6 Å². The first kappa shape index (κ1) is 12.3. The Morgan fingerprint density at radius 2 is 2.11 bits per heavy atom. The number of anilines is 1. The molecule has 1 aliphatic rings. The van der Waals surface area contributed by atoms with Gasteiger partial charge in [-0.2, -0.15) is 0 Å². The minimum Gasteiger partial charge on any atom is -0.384 e. The molecule has 2 nitrogen and oxygen atoms in total. The molecule has 1 aliphatic carbocycles. The molecule has 19 heavy (non-hydrogen) atoms. The fraction of sp³-hybridized carbons (Fsp3) is 0.400. The van der Waals surface area contributed by atoms with Crippen LogP contribution in [0.5, 0.6) is 0 Å². The molecule has 3 rings (SSSR count). The summed E-state index contributed by atoms with van der Waals surface area (Å²) in [5.74, 6) is -1.27. The average molecular weight is 262 g/mol. The normalized spacial score (nSPS) is 14.9. The van der Waals surface area contributed by atoms with Gasteiger partial charge in [0.05, 0.1) is 0 Å². The summed E-state index contributed by atoms with van der Waals surface area (Å²) in [6.45, 7) is 2.88. The van der Waals surface area contributed by atoms with Gasteiger partial charge in [0.25, 0.3) is 0 Å². The summed E-state index contributed by atoms with van der Waals surface area (Å²) in [4.78, 5) is 4.31. The molecule has 100 valence electrons. The first-order chi connectivity index (χ1) is 9.20. The summed E-state index contributed by atoms with van der Waals surface area (Å²) in [5.41, 5.74) is 1.87. The molecule has 0 bridgehead atoms. The quantitative estimate of drug-likeness (QED) is 0.892. The smallest absolute Gasteiger partial charge is 0.185 e. The number of benzene rings is 1. The first-order valence-electron chi connectivity index (χ1n) is 6.73. The molecular weight excluding hydrogens is 246 g/mol. The van der Waals surface area contributed by atoms with Gasteiger partial charge in [0, 0.05) is 29.2 Å². The Kier molecular flexibility index (Phi) is 3.09. The lowest BCUT2D eigenvalue weighted by Gasteiger charge is -2.11. The van der Waals surface area contributed by atoms with Crippen LogP contribution < -0.4 is 5.32 Å². The van der Waals surface area contributed by atoms with Crippen LogP contribution in [-0.4, -0.2) is 11.5 Å². The molecule has 1 fully saturated rings. The van der Waals surface area contributed by atoms with Crippen LogP contribution in [0.3, 0.4) is 0 Å². The van der Waals surface area contributed by atoms with Crippen LogP contribution >= 0.6 is 0 Å². The standard InChI is InChI=1S/C15H16F2N2/c1-2-7-18-13-8-12(9-3-4-9)19-15-10(13)5-6-11(16)14(15)17/h5-6,8-9H,2-4,7H2,1H3,(H,18,19). The van der Waals surface area contributed by atoms with Crippen molar-refractivity contribution in [2.45, 2.75) is 32.1 Å². The van der Waals surface area contributed by atoms with E-state index in [9.17, 15) is 8.78 Å². The van der Waals surface area contributed by atoms with Crippen LogP contribution in [0.4, 0.5) is 14.5 Å². The summed E-state index contributed by atoms with van der Waals surface area (Å²) < 4.78 is 27.2. The highest BCUT2D eigenvalue weighted by Crippen LogP contribution is 2.41. The first-order valence-corrected chi connectivity index (χ1v) is 6.73. The lowest BCUT2D eigenvalue weighted by Crippen LogP contribution is -2.03. The van der Waals surface area contributed by atoms with Gasteiger partial charge < -0.3 is 5.32 Å². The zero-order chi connectivity index (χ0) is 13.4. The van der Waals surface area contributed by atoms with Gasteiger partial charge in [-0.15, -0.1) is 0 Å². The van der Waals surface area contributed by atoms with Crippen LogP contribution in [0.1, 0.15) is 37.8 Å². The highest BCUT2D eigenvalue weighted by atomic mass is 19.2. The molecule has 0 radical (unpaired) electrons. The molecule has 2 aromatic rings. The van der Waals surface area contributed by atoms with Crippen molar-refractivity contribution in [3.05, 3.63) is 35.5 Å². The van der Waals surface area contributed by atoms with E-state index in [0.717, 1.165) is 43.3 Å². The molecule has 0 spiro atoms. The SMILES string of the molecule is CCCNc1cc(C2CC2)nc2c(F)c(F)ccc12. The average Bonchev–Trinajstić information content (AvgIpc) is 3.24. The summed E-state index contributed by atoms with van der Waals surface area (Å²) in [5, 5.41) is 3.93. The van der Waals surface area contributed by atoms with E-state index < -0.39 is 11.6 Å². The Balaban J connectivity index is 2.17. The number of nitrogens with zero attached hydrogens (tertiary/aromatic N) is 1. The number of aromatic nitrogens is 1. The maximum Gasteiger partial charge on any atom is 0.185 e. The maximum atomic E-state index is 13.9. The van der Waals surface area contributed by atoms with Crippen LogP contribution in [-0.2, 0) is 0 Å². The minimum absolute atomic E-state index is 0.142. The summed E-state index contributed by atoms with van der Waals surface area (Å²) in [6.07, 6.45) is 3.15. The number of nitrogens with one attached hydrogen (secondary N) is 1. The predicted molar refractivity (Wildman–Crippen MR) is 72.4 cm³/mol. The van der Waals surface area contributed by atoms with Crippen molar-refractivity contribution in [1.29, 1.82) is 0 Å². The van der Waals surface area contributed by atoms with E-state index in [2.05, 4.69) is 17.2 Å². The second kappa shape index (κ2) is 4.76. The third-order valence-electron chi connectivity index (χ3n) is 3.45. The molecule has 1 aromatic heterocycles. The van der Waals surface area contributed by atoms with Gasteiger partial charge in [0.2, 0.25) is 0 Å². The van der Waals surface area contributed by atoms with E-state index in [1.54, 1.807) is 6.07 Å². The molecule has 0 unspecified atom stereocenters. The number of rotatable bonds is 4. The van der Waals surface area contributed by atoms with Gasteiger partial charge in [-0.05, 0) is 37.5 Å². The zero-order valence-corrected chi connectivity index (χ0v) is 10.8. The topological polar surface area (TPSA) is 24.9 Å². The van der Waals surface area contributed by atoms with Crippen LogP contribution in [0, 0.1) is 11.6 Å². The molecule has 0 aliphatic heterocycles. The van der Waals surface area contributed by atoms with Gasteiger partial charge in [-0.1, -0.05) is 6.92 Å². The Morgan fingerprint density at radius 3 is 2.79 bits per heavy atom. The summed E-state index contributed by atoms with van der Waals surface area (Å²) in [6, 6.07) is 4.73. The molecule has 1 heterocycles. The molecule has 1 saturated carbocycles. The Morgan fingerprint density at radius 1 is 1.32 bits per heavy atom. The van der Waals surface area contributed by atoms with Crippen LogP contribution in [0.25, 0.3) is 10.9 Å². The minimum atomic E-state index is -0.848. The number of hydrogen-bond donors (Lipinski definition) is 1. The predicted octanol–water partition coefficient (Wildman–Crippen LogP) is 4.21. The monoisotopic (exact) mass is 262 g/mol. The largest absolute Gasteiger partial charge is 0.384 e. The molecule has 4 heteroatoms. The Bertz CT molecular complexity index is 621. The molecule has 0 amide bonds. The lowest BCUT2D eigenvalue weighted by molar-refractivity contribution is 0.515. The zero-order valence-electron chi connectivity index (χ0n) is 10.8. The highest BCUT2D eigenvalue weighted by Gasteiger charge is 2.26. The van der Waals surface area contributed by atoms with Crippen molar-refractivity contribution in [3.63, 3.8) is 0 Å². The van der Waals surface area contributed by atoms with Crippen LogP contribution in [0.2, 0.25) is 0 Å². The van der Waals surface area contributed by atoms with Crippen molar-refractivity contribution in [3.8, 4) is 0 Å². The van der Waals surface area contributed by atoms with Gasteiger partial charge in [0.1, 0.15) is 5.52 Å². The van der Waals surface area contributed by atoms with E-state index >= 15 is 0 Å². The van der Waals surface area contributed by atoms with E-state index in [-0.39, 0.29) is 5.52 Å². The molecule has 1 aromatic carbocycles. The fourth-order valence-electron chi connectivity index (χ4n) is 2.25. The number of pyridine rings is 1. The number of halogens is 2. The van der Waals surface area contributed by atoms with E-state index in [1.807, 2.05) is 6.07 Å². The maximum absolute atomic E-state index is 13.9. The third-order valence-corrected chi connectivity index (χ3v) is 3.45. The lowest BCUT2D eigenvalue weighted by atomic mass is 10.1. The second-order valence-corrected chi connectivity index (χ2v) is 5.05. The van der Waals surface area contributed by atoms with Crippen LogP contribution in [0.15, 0.2) is 18.2 Å². The Hall–Kier alpha value is -1.71. The third kappa shape index (κ3) is 2.27. The van der Waals surface area contributed by atoms with E-state index in [4.69, 9.17) is 0 Å². The van der Waals surface area contributed by atoms with Crippen molar-refractivity contribution < 1.29 is 8.78 Å². The number of fused-ring (bicyclic) bond motifs is 1. The molecule has 0 saturated heterocycles. The van der Waals surface area contributed by atoms with Crippen molar-refractivity contribution in [1.82, 2.24) is 4.98 Å². The van der Waals surface area contributed by atoms with Crippen molar-refractivity contribution in [2.75, 3.05) is 11.9 Å². The molecule has 1 N–H and O–H groups in total. The molecular formula is C15H16F2N2. The number of hydrogen-bond acceptors (Lipinski definition) is 2. The van der Waals surface area contributed by atoms with Gasteiger partial charge in [-0.25, -0.2) is 13.8 Å². The van der Waals surface area contributed by atoms with Crippen molar-refractivity contribution >= 4 is 16.6 Å². The van der Waals surface area contributed by atoms with Gasteiger partial charge in [-0.3, -0.25) is 0 Å². The summed E-state index contributed by atoms with van der Waals surface area (Å²) >= 11 is 0. The molecule has 0 atom stereocenters. The van der Waals surface area contributed by atoms with E-state index in [1.165, 1.54) is 0 Å². The Labute approximate surface area is 110 Å². The fourth-order valence-corrected chi connectivity index (χ4v) is 2.25. The summed E-state index contributed by atoms with van der Waals surface area (Å²) in [7, 11) is 0. The second-order valence-electron chi connectivity index (χ2n) is 5.05. The van der Waals surface area contributed by atoms with Gasteiger partial charge >= 0.3 is 0 Å². The van der Waals surface area contributed by atoms with Crippen molar-refractivity contribution in [2.24, 2.45) is 0 Å².